The molecule has 0 bridgehead atoms. The van der Waals surface area contributed by atoms with Crippen molar-refractivity contribution in [2.45, 2.75) is 41.5 Å². The number of hydrogen-bond donors (Lipinski definition) is 0. The van der Waals surface area contributed by atoms with Crippen LogP contribution >= 0.6 is 0 Å². The van der Waals surface area contributed by atoms with Crippen molar-refractivity contribution in [1.29, 1.82) is 0 Å². The van der Waals surface area contributed by atoms with Gasteiger partial charge in [0, 0.05) is 27.7 Å². The second kappa shape index (κ2) is 23.9. The van der Waals surface area contributed by atoms with E-state index in [1.54, 1.807) is 50.2 Å². The second-order valence-corrected chi connectivity index (χ2v) is 11.4. The van der Waals surface area contributed by atoms with Crippen molar-refractivity contribution in [3.8, 4) is 11.5 Å². The van der Waals surface area contributed by atoms with Crippen molar-refractivity contribution in [2.24, 2.45) is 0 Å². The van der Waals surface area contributed by atoms with Gasteiger partial charge in [-0.05, 0) is 49.2 Å². The average Bonchev–Trinajstić information content (AvgIpc) is 3.09. The number of rotatable bonds is 23. The summed E-state index contributed by atoms with van der Waals surface area (Å²) in [5, 5.41) is 0. The first-order chi connectivity index (χ1) is 26.5. The Hall–Kier alpha value is -6.60. The van der Waals surface area contributed by atoms with Crippen molar-refractivity contribution in [1.82, 2.24) is 0 Å². The van der Waals surface area contributed by atoms with E-state index in [4.69, 9.17) is 28.4 Å². The Morgan fingerprint density at radius 3 is 0.946 bits per heavy atom. The standard InChI is InChI=1S/C36H44N2O18/c1-23-7-9-29(37(15-33(43)53-19-49-25(3)39)16-34(44)54-20-50-26(4)40)31(13-23)47-11-12-48-32-14-24(2)8-10-30(32)38(17-35(45)55-21-51-27(5)41)18-36(46)56-22-52-28(6)42/h7-10,13-14H,11-12,15-22H2,1-6H3. The molecule has 306 valence electrons. The zero-order valence-corrected chi connectivity index (χ0v) is 31.8. The molecule has 0 aliphatic rings. The van der Waals surface area contributed by atoms with Crippen molar-refractivity contribution < 1.29 is 85.7 Å². The molecule has 2 rings (SSSR count). The molecule has 20 nitrogen and oxygen atoms in total. The lowest BCUT2D eigenvalue weighted by Gasteiger charge is -2.26. The first-order valence-electron chi connectivity index (χ1n) is 16.7. The molecule has 0 aliphatic heterocycles. The van der Waals surface area contributed by atoms with Gasteiger partial charge in [-0.2, -0.15) is 0 Å². The Balaban J connectivity index is 2.29. The summed E-state index contributed by atoms with van der Waals surface area (Å²) in [6, 6.07) is 9.84. The number of carbonyl (C=O) groups is 8. The highest BCUT2D eigenvalue weighted by Crippen LogP contribution is 2.32. The van der Waals surface area contributed by atoms with Crippen molar-refractivity contribution in [3.05, 3.63) is 47.5 Å². The summed E-state index contributed by atoms with van der Waals surface area (Å²) in [4.78, 5) is 97.6. The number of nitrogens with zero attached hydrogens (tertiary/aromatic N) is 2. The molecular weight excluding hydrogens is 748 g/mol. The highest BCUT2D eigenvalue weighted by atomic mass is 16.7. The number of carbonyl (C=O) groups excluding carboxylic acids is 8. The monoisotopic (exact) mass is 792 g/mol. The van der Waals surface area contributed by atoms with E-state index in [0.717, 1.165) is 38.8 Å². The number of anilines is 2. The predicted octanol–water partition coefficient (Wildman–Crippen LogP) is 1.63. The smallest absolute Gasteiger partial charge is 0.328 e. The summed E-state index contributed by atoms with van der Waals surface area (Å²) in [6.07, 6.45) is 0. The first kappa shape index (κ1) is 45.6. The highest BCUT2D eigenvalue weighted by Gasteiger charge is 2.23. The quantitative estimate of drug-likeness (QED) is 0.0673. The number of hydrogen-bond acceptors (Lipinski definition) is 20. The molecule has 2 aromatic carbocycles. The molecule has 2 aromatic rings. The largest absolute Gasteiger partial charge is 0.488 e. The van der Waals surface area contributed by atoms with Gasteiger partial charge in [-0.15, -0.1) is 0 Å². The van der Waals surface area contributed by atoms with Crippen molar-refractivity contribution in [2.75, 3.05) is 76.4 Å². The lowest BCUT2D eigenvalue weighted by Crippen LogP contribution is -2.37. The fraction of sp³-hybridized carbons (Fsp3) is 0.444. The molecule has 0 spiro atoms. The third-order valence-corrected chi connectivity index (χ3v) is 6.72. The molecule has 0 saturated carbocycles. The maximum atomic E-state index is 12.7. The molecule has 0 aromatic heterocycles. The van der Waals surface area contributed by atoms with Gasteiger partial charge in [0.2, 0.25) is 27.2 Å². The van der Waals surface area contributed by atoms with E-state index in [-0.39, 0.29) is 36.1 Å². The Morgan fingerprint density at radius 1 is 0.429 bits per heavy atom. The van der Waals surface area contributed by atoms with Crippen LogP contribution in [-0.4, -0.2) is 114 Å². The summed E-state index contributed by atoms with van der Waals surface area (Å²) in [6.45, 7) is 3.16. The maximum Gasteiger partial charge on any atom is 0.328 e. The zero-order chi connectivity index (χ0) is 41.6. The van der Waals surface area contributed by atoms with Gasteiger partial charge in [0.1, 0.15) is 50.9 Å². The van der Waals surface area contributed by atoms with Gasteiger partial charge in [-0.25, -0.2) is 0 Å². The molecule has 0 atom stereocenters. The SMILES string of the molecule is CC(=O)OCOC(=O)CN(CC(=O)OCOC(C)=O)c1ccc(C)cc1OCCOc1cc(C)ccc1N(CC(=O)OCOC(C)=O)CC(=O)OCOC(C)=O. The van der Waals surface area contributed by atoms with Crippen LogP contribution in [0, 0.1) is 13.8 Å². The number of aryl methyl sites for hydroxylation is 2. The minimum absolute atomic E-state index is 0.111. The third kappa shape index (κ3) is 18.4. The highest BCUT2D eigenvalue weighted by molar-refractivity contribution is 5.84. The fourth-order valence-electron chi connectivity index (χ4n) is 4.27. The zero-order valence-electron chi connectivity index (χ0n) is 31.8. The molecular formula is C36H44N2O18. The summed E-state index contributed by atoms with van der Waals surface area (Å²) in [7, 11) is 0. The van der Waals surface area contributed by atoms with Crippen LogP contribution in [0.1, 0.15) is 38.8 Å². The van der Waals surface area contributed by atoms with Gasteiger partial charge in [-0.3, -0.25) is 38.4 Å². The minimum Gasteiger partial charge on any atom is -0.488 e. The number of ether oxygens (including phenoxy) is 10. The van der Waals surface area contributed by atoms with E-state index in [1.807, 2.05) is 0 Å². The maximum absolute atomic E-state index is 12.7. The summed E-state index contributed by atoms with van der Waals surface area (Å²) in [5.41, 5.74) is 2.01. The van der Waals surface area contributed by atoms with E-state index in [2.05, 4.69) is 18.9 Å². The Labute approximate surface area is 321 Å². The number of esters is 8. The second-order valence-electron chi connectivity index (χ2n) is 11.4. The van der Waals surface area contributed by atoms with E-state index in [1.165, 1.54) is 9.80 Å². The van der Waals surface area contributed by atoms with Gasteiger partial charge >= 0.3 is 47.8 Å². The van der Waals surface area contributed by atoms with Gasteiger partial charge in [0.05, 0.1) is 11.4 Å². The van der Waals surface area contributed by atoms with Crippen LogP contribution in [0.2, 0.25) is 0 Å². The van der Waals surface area contributed by atoms with Crippen LogP contribution in [-0.2, 0) is 76.3 Å². The minimum atomic E-state index is -0.865. The molecule has 0 radical (unpaired) electrons. The van der Waals surface area contributed by atoms with E-state index in [0.29, 0.717) is 0 Å². The molecule has 0 heterocycles. The van der Waals surface area contributed by atoms with E-state index >= 15 is 0 Å². The predicted molar refractivity (Wildman–Crippen MR) is 189 cm³/mol. The summed E-state index contributed by atoms with van der Waals surface area (Å²) >= 11 is 0. The average molecular weight is 793 g/mol. The molecule has 20 heteroatoms. The lowest BCUT2D eigenvalue weighted by molar-refractivity contribution is -0.167. The van der Waals surface area contributed by atoms with Crippen LogP contribution in [0.3, 0.4) is 0 Å². The van der Waals surface area contributed by atoms with E-state index in [9.17, 15) is 38.4 Å². The molecule has 56 heavy (non-hydrogen) atoms. The topological polar surface area (TPSA) is 235 Å². The Bertz CT molecular complexity index is 1520. The van der Waals surface area contributed by atoms with Crippen LogP contribution in [0.25, 0.3) is 0 Å². The van der Waals surface area contributed by atoms with Crippen LogP contribution in [0.4, 0.5) is 11.4 Å². The van der Waals surface area contributed by atoms with Gasteiger partial charge < -0.3 is 57.2 Å². The molecule has 0 amide bonds. The van der Waals surface area contributed by atoms with Crippen LogP contribution in [0.5, 0.6) is 11.5 Å². The lowest BCUT2D eigenvalue weighted by atomic mass is 10.2. The molecule has 0 N–H and O–H groups in total. The summed E-state index contributed by atoms with van der Waals surface area (Å²) in [5.74, 6) is -5.74. The Morgan fingerprint density at radius 2 is 0.696 bits per heavy atom. The Kier molecular flexibility index (Phi) is 19.5. The van der Waals surface area contributed by atoms with Gasteiger partial charge in [0.25, 0.3) is 0 Å². The third-order valence-electron chi connectivity index (χ3n) is 6.72. The van der Waals surface area contributed by atoms with Crippen molar-refractivity contribution in [3.63, 3.8) is 0 Å². The summed E-state index contributed by atoms with van der Waals surface area (Å²) < 4.78 is 50.5. The molecule has 0 aliphatic carbocycles. The number of benzene rings is 2. The normalized spacial score (nSPS) is 10.2. The van der Waals surface area contributed by atoms with Crippen LogP contribution in [0.15, 0.2) is 36.4 Å². The molecule has 0 saturated heterocycles. The molecule has 0 fully saturated rings. The molecule has 0 unspecified atom stereocenters. The van der Waals surface area contributed by atoms with Gasteiger partial charge in [-0.1, -0.05) is 12.1 Å². The first-order valence-corrected chi connectivity index (χ1v) is 16.7. The fourth-order valence-corrected chi connectivity index (χ4v) is 4.27. The van der Waals surface area contributed by atoms with Crippen LogP contribution < -0.4 is 19.3 Å². The van der Waals surface area contributed by atoms with Crippen molar-refractivity contribution >= 4 is 59.1 Å². The van der Waals surface area contributed by atoms with Gasteiger partial charge in [0.15, 0.2) is 0 Å². The van der Waals surface area contributed by atoms with E-state index < -0.39 is 101 Å².